The van der Waals surface area contributed by atoms with Crippen molar-refractivity contribution >= 4 is 11.8 Å². The van der Waals surface area contributed by atoms with Crippen LogP contribution in [0.1, 0.15) is 23.0 Å². The number of carbonyl (C=O) groups is 1. The molecule has 0 saturated carbocycles. The van der Waals surface area contributed by atoms with E-state index in [2.05, 4.69) is 16.4 Å². The molecule has 0 aliphatic rings. The summed E-state index contributed by atoms with van der Waals surface area (Å²) < 4.78 is 0. The van der Waals surface area contributed by atoms with E-state index in [-0.39, 0.29) is 12.2 Å². The molecule has 0 saturated heterocycles. The molecule has 1 aromatic rings. The smallest absolute Gasteiger partial charge is 0.335 e. The number of nitrogens with zero attached hydrogens (tertiary/aromatic N) is 1. The highest BCUT2D eigenvalue weighted by molar-refractivity contribution is 5.88. The molecule has 5 heteroatoms. The Morgan fingerprint density at radius 3 is 3.00 bits per heavy atom. The van der Waals surface area contributed by atoms with E-state index >= 15 is 0 Å². The Hall–Kier alpha value is -2.06. The number of aromatic nitrogens is 1. The number of pyridine rings is 1. The molecule has 16 heavy (non-hydrogen) atoms. The molecule has 1 heterocycles. The van der Waals surface area contributed by atoms with Crippen molar-refractivity contribution < 1.29 is 14.7 Å². The zero-order chi connectivity index (χ0) is 12.0. The molecule has 0 fully saturated rings. The zero-order valence-corrected chi connectivity index (χ0v) is 8.86. The van der Waals surface area contributed by atoms with Crippen LogP contribution in [-0.4, -0.2) is 22.7 Å². The number of nitrogens with one attached hydrogen (secondary N) is 1. The van der Waals surface area contributed by atoms with Crippen molar-refractivity contribution in [3.05, 3.63) is 23.4 Å². The summed E-state index contributed by atoms with van der Waals surface area (Å²) in [6.07, 6.45) is 5.64. The number of aryl methyl sites for hydroxylation is 1. The first-order valence-electron chi connectivity index (χ1n) is 4.73. The first kappa shape index (κ1) is 12.0. The summed E-state index contributed by atoms with van der Waals surface area (Å²) in [5.74, 6) is 1.61. The highest BCUT2D eigenvalue weighted by Gasteiger charge is 2.07. The SMILES string of the molecule is C#CCONc1cc(C(=O)O)cc(CC)n1. The Morgan fingerprint density at radius 1 is 1.69 bits per heavy atom. The van der Waals surface area contributed by atoms with Gasteiger partial charge < -0.3 is 5.11 Å². The van der Waals surface area contributed by atoms with E-state index in [9.17, 15) is 4.79 Å². The molecule has 0 spiro atoms. The van der Waals surface area contributed by atoms with E-state index in [1.165, 1.54) is 12.1 Å². The maximum atomic E-state index is 10.8. The fraction of sp³-hybridized carbons (Fsp3) is 0.273. The third-order valence-corrected chi connectivity index (χ3v) is 1.82. The lowest BCUT2D eigenvalue weighted by atomic mass is 10.2. The van der Waals surface area contributed by atoms with E-state index < -0.39 is 5.97 Å². The normalized spacial score (nSPS) is 9.50. The van der Waals surface area contributed by atoms with E-state index in [0.717, 1.165) is 0 Å². The van der Waals surface area contributed by atoms with Gasteiger partial charge in [0, 0.05) is 5.69 Å². The Bertz CT molecular complexity index is 424. The first-order chi connectivity index (χ1) is 7.67. The van der Waals surface area contributed by atoms with Crippen LogP contribution in [0.4, 0.5) is 5.82 Å². The van der Waals surface area contributed by atoms with Crippen LogP contribution in [0.15, 0.2) is 12.1 Å². The number of aromatic carboxylic acids is 1. The second kappa shape index (κ2) is 5.73. The average Bonchev–Trinajstić information content (AvgIpc) is 2.29. The van der Waals surface area contributed by atoms with Gasteiger partial charge in [0.2, 0.25) is 0 Å². The van der Waals surface area contributed by atoms with Crippen molar-refractivity contribution in [2.24, 2.45) is 0 Å². The molecule has 1 rings (SSSR count). The molecule has 0 bridgehead atoms. The van der Waals surface area contributed by atoms with Crippen LogP contribution >= 0.6 is 0 Å². The van der Waals surface area contributed by atoms with Crippen molar-refractivity contribution in [1.82, 2.24) is 4.98 Å². The summed E-state index contributed by atoms with van der Waals surface area (Å²) in [6, 6.07) is 2.91. The number of rotatable bonds is 5. The molecule has 0 aliphatic carbocycles. The monoisotopic (exact) mass is 220 g/mol. The second-order valence-corrected chi connectivity index (χ2v) is 2.99. The fourth-order valence-electron chi connectivity index (χ4n) is 1.10. The van der Waals surface area contributed by atoms with Gasteiger partial charge in [0.15, 0.2) is 5.82 Å². The van der Waals surface area contributed by atoms with Gasteiger partial charge in [0.05, 0.1) is 5.56 Å². The number of hydrogen-bond donors (Lipinski definition) is 2. The van der Waals surface area contributed by atoms with Gasteiger partial charge in [-0.15, -0.1) is 6.42 Å². The molecule has 0 amide bonds. The molecule has 0 aromatic carbocycles. The van der Waals surface area contributed by atoms with Crippen LogP contribution in [0.5, 0.6) is 0 Å². The predicted octanol–water partition coefficient (Wildman–Crippen LogP) is 1.32. The predicted molar refractivity (Wildman–Crippen MR) is 59.0 cm³/mol. The maximum absolute atomic E-state index is 10.8. The van der Waals surface area contributed by atoms with Crippen LogP contribution in [0, 0.1) is 12.3 Å². The maximum Gasteiger partial charge on any atom is 0.335 e. The summed E-state index contributed by atoms with van der Waals surface area (Å²) >= 11 is 0. The molecule has 1 aromatic heterocycles. The van der Waals surface area contributed by atoms with E-state index in [1.54, 1.807) is 0 Å². The zero-order valence-electron chi connectivity index (χ0n) is 8.86. The Morgan fingerprint density at radius 2 is 2.44 bits per heavy atom. The number of hydrogen-bond acceptors (Lipinski definition) is 4. The first-order valence-corrected chi connectivity index (χ1v) is 4.73. The summed E-state index contributed by atoms with van der Waals surface area (Å²) in [4.78, 5) is 19.8. The van der Waals surface area contributed by atoms with Crippen LogP contribution < -0.4 is 5.48 Å². The van der Waals surface area contributed by atoms with Gasteiger partial charge in [-0.3, -0.25) is 4.84 Å². The van der Waals surface area contributed by atoms with Gasteiger partial charge in [0.25, 0.3) is 0 Å². The fourth-order valence-corrected chi connectivity index (χ4v) is 1.10. The Balaban J connectivity index is 2.87. The van der Waals surface area contributed by atoms with Crippen molar-refractivity contribution in [3.8, 4) is 12.3 Å². The Kier molecular flexibility index (Phi) is 4.30. The van der Waals surface area contributed by atoms with Crippen molar-refractivity contribution in [1.29, 1.82) is 0 Å². The third kappa shape index (κ3) is 3.26. The largest absolute Gasteiger partial charge is 0.478 e. The lowest BCUT2D eigenvalue weighted by Crippen LogP contribution is -2.07. The number of carboxylic acid groups (broad SMARTS) is 1. The van der Waals surface area contributed by atoms with Crippen LogP contribution in [0.3, 0.4) is 0 Å². The highest BCUT2D eigenvalue weighted by atomic mass is 16.6. The number of terminal acetylenes is 1. The number of carboxylic acids is 1. The van der Waals surface area contributed by atoms with Crippen LogP contribution in [0.2, 0.25) is 0 Å². The average molecular weight is 220 g/mol. The van der Waals surface area contributed by atoms with Crippen molar-refractivity contribution in [2.45, 2.75) is 13.3 Å². The van der Waals surface area contributed by atoms with Gasteiger partial charge in [-0.05, 0) is 18.6 Å². The molecule has 2 N–H and O–H groups in total. The third-order valence-electron chi connectivity index (χ3n) is 1.82. The topological polar surface area (TPSA) is 71.5 Å². The minimum Gasteiger partial charge on any atom is -0.478 e. The highest BCUT2D eigenvalue weighted by Crippen LogP contribution is 2.11. The van der Waals surface area contributed by atoms with Crippen molar-refractivity contribution in [2.75, 3.05) is 12.1 Å². The van der Waals surface area contributed by atoms with Gasteiger partial charge in [-0.2, -0.15) is 0 Å². The molecule has 0 aliphatic heterocycles. The molecule has 0 atom stereocenters. The molecular formula is C11H12N2O3. The van der Waals surface area contributed by atoms with Crippen molar-refractivity contribution in [3.63, 3.8) is 0 Å². The van der Waals surface area contributed by atoms with Crippen LogP contribution in [0.25, 0.3) is 0 Å². The van der Waals surface area contributed by atoms with E-state index in [4.69, 9.17) is 16.4 Å². The second-order valence-electron chi connectivity index (χ2n) is 2.99. The molecule has 0 unspecified atom stereocenters. The van der Waals surface area contributed by atoms with Gasteiger partial charge in [-0.1, -0.05) is 12.8 Å². The standard InChI is InChI=1S/C11H12N2O3/c1-3-5-16-13-10-7-8(11(14)15)6-9(4-2)12-10/h1,6-7H,4-5H2,2H3,(H,12,13)(H,14,15). The summed E-state index contributed by atoms with van der Waals surface area (Å²) in [7, 11) is 0. The lowest BCUT2D eigenvalue weighted by molar-refractivity contribution is 0.0696. The summed E-state index contributed by atoms with van der Waals surface area (Å²) in [6.45, 7) is 1.97. The summed E-state index contributed by atoms with van der Waals surface area (Å²) in [5.41, 5.74) is 3.34. The van der Waals surface area contributed by atoms with E-state index in [0.29, 0.717) is 17.9 Å². The minimum absolute atomic E-state index is 0.0838. The van der Waals surface area contributed by atoms with Gasteiger partial charge >= 0.3 is 5.97 Å². The molecule has 5 nitrogen and oxygen atoms in total. The quantitative estimate of drug-likeness (QED) is 0.445. The molecule has 84 valence electrons. The van der Waals surface area contributed by atoms with Gasteiger partial charge in [-0.25, -0.2) is 15.3 Å². The van der Waals surface area contributed by atoms with E-state index in [1.807, 2.05) is 6.92 Å². The number of anilines is 1. The molecular weight excluding hydrogens is 208 g/mol. The van der Waals surface area contributed by atoms with Crippen LogP contribution in [-0.2, 0) is 11.3 Å². The minimum atomic E-state index is -1.00. The summed E-state index contributed by atoms with van der Waals surface area (Å²) in [5, 5.41) is 8.87. The Labute approximate surface area is 93.4 Å². The molecule has 0 radical (unpaired) electrons. The van der Waals surface area contributed by atoms with Gasteiger partial charge in [0.1, 0.15) is 6.61 Å². The lowest BCUT2D eigenvalue weighted by Gasteiger charge is -2.06.